The van der Waals surface area contributed by atoms with E-state index >= 15 is 0 Å². The molecule has 3 aliphatic rings. The maximum Gasteiger partial charge on any atom is 0.329 e. The van der Waals surface area contributed by atoms with Gasteiger partial charge in [-0.15, -0.1) is 0 Å². The highest BCUT2D eigenvalue weighted by molar-refractivity contribution is 5.82. The molecule has 0 unspecified atom stereocenters. The highest BCUT2D eigenvalue weighted by atomic mass is 16.8. The summed E-state index contributed by atoms with van der Waals surface area (Å²) in [5.41, 5.74) is 0. The zero-order chi connectivity index (χ0) is 43.8. The summed E-state index contributed by atoms with van der Waals surface area (Å²) >= 11 is 0. The summed E-state index contributed by atoms with van der Waals surface area (Å²) in [6.45, 7) is 0.104. The van der Waals surface area contributed by atoms with E-state index in [1.165, 1.54) is 0 Å². The topological polar surface area (TPSA) is 411 Å². The second-order valence-corrected chi connectivity index (χ2v) is 13.9. The molecule has 4 amide bonds. The SMILES string of the molecule is CC(=O)N[C@H]1[C@H](O[C@@H]([C@H](O)[C@@H](NC(C)=O)C(=O)O)[C@H](O)CO)O[C@H](CO)[C@@H](O[C@@H]2O[C@H](CO)[C@@H](O[C@@H]3O[C@H](CO)[C@@H](O)[C@H](O)[C@H]3NC(C)=O)[C@H](O)[C@H]2NC(C)=O)[C@@H]1O. The van der Waals surface area contributed by atoms with Crippen molar-refractivity contribution in [1.29, 1.82) is 0 Å². The molecular weight excluding hydrogens is 792 g/mol. The number of aliphatic hydroxyl groups is 10. The second-order valence-electron chi connectivity index (χ2n) is 13.9. The first-order valence-corrected chi connectivity index (χ1v) is 18.0. The highest BCUT2D eigenvalue weighted by Gasteiger charge is 2.55. The Hall–Kier alpha value is -3.29. The van der Waals surface area contributed by atoms with Crippen molar-refractivity contribution in [3.8, 4) is 0 Å². The number of hydrogen-bond donors (Lipinski definition) is 15. The van der Waals surface area contributed by atoms with E-state index in [1.807, 2.05) is 5.32 Å². The van der Waals surface area contributed by atoms with Crippen LogP contribution < -0.4 is 21.3 Å². The number of aliphatic carboxylic acids is 1. The number of aliphatic hydroxyl groups excluding tert-OH is 10. The molecule has 26 heteroatoms. The molecule has 0 aromatic heterocycles. The minimum atomic E-state index is -2.31. The lowest BCUT2D eigenvalue weighted by Crippen LogP contribution is -2.71. The van der Waals surface area contributed by atoms with E-state index in [4.69, 9.17) is 28.4 Å². The third-order valence-electron chi connectivity index (χ3n) is 9.44. The highest BCUT2D eigenvalue weighted by Crippen LogP contribution is 2.33. The van der Waals surface area contributed by atoms with Gasteiger partial charge in [0.1, 0.15) is 91.4 Å². The Balaban J connectivity index is 1.96. The van der Waals surface area contributed by atoms with Gasteiger partial charge in [-0.2, -0.15) is 0 Å². The lowest BCUT2D eigenvalue weighted by atomic mass is 9.93. The van der Waals surface area contributed by atoms with Crippen LogP contribution in [0.5, 0.6) is 0 Å². The Morgan fingerprint density at radius 2 is 0.983 bits per heavy atom. The number of rotatable bonds is 18. The Labute approximate surface area is 329 Å². The van der Waals surface area contributed by atoms with Crippen LogP contribution in [0, 0.1) is 0 Å². The van der Waals surface area contributed by atoms with Crippen LogP contribution in [-0.2, 0) is 52.4 Å². The maximum absolute atomic E-state index is 12.4. The summed E-state index contributed by atoms with van der Waals surface area (Å²) in [6, 6.07) is -7.06. The van der Waals surface area contributed by atoms with Gasteiger partial charge in [0.25, 0.3) is 0 Å². The molecule has 0 radical (unpaired) electrons. The molecule has 3 saturated heterocycles. The van der Waals surface area contributed by atoms with E-state index in [0.29, 0.717) is 0 Å². The van der Waals surface area contributed by atoms with Gasteiger partial charge >= 0.3 is 5.97 Å². The van der Waals surface area contributed by atoms with Crippen molar-refractivity contribution in [1.82, 2.24) is 21.3 Å². The predicted octanol–water partition coefficient (Wildman–Crippen LogP) is -9.45. The number of nitrogens with one attached hydrogen (secondary N) is 4. The smallest absolute Gasteiger partial charge is 0.329 e. The molecule has 0 bridgehead atoms. The molecule has 3 fully saturated rings. The average Bonchev–Trinajstić information content (AvgIpc) is 3.15. The minimum absolute atomic E-state index is 0.706. The molecule has 3 heterocycles. The molecule has 3 rings (SSSR count). The Morgan fingerprint density at radius 1 is 0.586 bits per heavy atom. The van der Waals surface area contributed by atoms with Crippen LogP contribution >= 0.6 is 0 Å². The summed E-state index contributed by atoms with van der Waals surface area (Å²) in [5.74, 6) is -5.03. The number of ether oxygens (including phenoxy) is 6. The molecule has 334 valence electrons. The molecular formula is C32H54N4O22. The van der Waals surface area contributed by atoms with Gasteiger partial charge < -0.3 is 106 Å². The van der Waals surface area contributed by atoms with Crippen LogP contribution in [0.3, 0.4) is 0 Å². The van der Waals surface area contributed by atoms with Crippen molar-refractivity contribution in [3.63, 3.8) is 0 Å². The first-order valence-electron chi connectivity index (χ1n) is 18.0. The first-order chi connectivity index (χ1) is 27.2. The van der Waals surface area contributed by atoms with Gasteiger partial charge in [0.15, 0.2) is 24.9 Å². The molecule has 0 aromatic carbocycles. The van der Waals surface area contributed by atoms with E-state index in [9.17, 15) is 80.1 Å². The van der Waals surface area contributed by atoms with Gasteiger partial charge in [-0.25, -0.2) is 4.79 Å². The lowest BCUT2D eigenvalue weighted by molar-refractivity contribution is -0.357. The van der Waals surface area contributed by atoms with Crippen LogP contribution in [0.4, 0.5) is 0 Å². The molecule has 15 N–H and O–H groups in total. The van der Waals surface area contributed by atoms with E-state index in [2.05, 4.69) is 16.0 Å². The van der Waals surface area contributed by atoms with Crippen LogP contribution in [0.15, 0.2) is 0 Å². The van der Waals surface area contributed by atoms with Crippen molar-refractivity contribution in [2.75, 3.05) is 26.4 Å². The molecule has 0 saturated carbocycles. The standard InChI is InChI=1S/C32H54N4O22/c1-9(41)33-17(29(51)52)23(48)26(13(45)5-37)56-31-19(35-11(3)43)24(49)28(15(7-39)54-31)58-32-20(36-12(4)44)25(50)27(16(8-40)55-32)57-30-18(34-10(2)42)22(47)21(46)14(6-38)53-30/h13-28,30-32,37-40,45-50H,5-8H2,1-4H3,(H,33,41)(H,34,42)(H,35,43)(H,36,44)(H,51,52)/t13-,14-,15-,16-,17-,18-,19-,20-,21-,22-,23-,24-,25-,26-,27-,28-,30+,31+,32+/m1/s1. The van der Waals surface area contributed by atoms with Crippen molar-refractivity contribution < 1.29 is 109 Å². The fourth-order valence-corrected chi connectivity index (χ4v) is 6.73. The van der Waals surface area contributed by atoms with E-state index in [0.717, 1.165) is 27.7 Å². The first kappa shape index (κ1) is 49.1. The van der Waals surface area contributed by atoms with Crippen molar-refractivity contribution in [2.45, 2.75) is 144 Å². The van der Waals surface area contributed by atoms with Crippen molar-refractivity contribution in [3.05, 3.63) is 0 Å². The minimum Gasteiger partial charge on any atom is -0.480 e. The molecule has 58 heavy (non-hydrogen) atoms. The van der Waals surface area contributed by atoms with Gasteiger partial charge in [0.05, 0.1) is 26.4 Å². The lowest BCUT2D eigenvalue weighted by Gasteiger charge is -2.50. The third kappa shape index (κ3) is 11.9. The van der Waals surface area contributed by atoms with Gasteiger partial charge in [-0.05, 0) is 0 Å². The molecule has 26 nitrogen and oxygen atoms in total. The van der Waals surface area contributed by atoms with Crippen LogP contribution in [0.2, 0.25) is 0 Å². The number of carboxylic acids is 1. The van der Waals surface area contributed by atoms with Gasteiger partial charge in [0, 0.05) is 27.7 Å². The monoisotopic (exact) mass is 846 g/mol. The summed E-state index contributed by atoms with van der Waals surface area (Å²) < 4.78 is 34.7. The Kier molecular flexibility index (Phi) is 18.5. The van der Waals surface area contributed by atoms with Crippen molar-refractivity contribution >= 4 is 29.6 Å². The number of hydrogen-bond acceptors (Lipinski definition) is 21. The molecule has 0 aromatic rings. The van der Waals surface area contributed by atoms with E-state index in [1.54, 1.807) is 0 Å². The number of carbonyl (C=O) groups is 5. The normalized spacial score (nSPS) is 37.4. The number of amides is 4. The van der Waals surface area contributed by atoms with Gasteiger partial charge in [-0.1, -0.05) is 0 Å². The largest absolute Gasteiger partial charge is 0.480 e. The molecule has 0 spiro atoms. The second kappa shape index (κ2) is 21.8. The fraction of sp³-hybridized carbons (Fsp3) is 0.844. The quantitative estimate of drug-likeness (QED) is 0.0609. The van der Waals surface area contributed by atoms with Crippen molar-refractivity contribution in [2.24, 2.45) is 0 Å². The van der Waals surface area contributed by atoms with Crippen LogP contribution in [-0.4, -0.2) is 228 Å². The Morgan fingerprint density at radius 3 is 1.36 bits per heavy atom. The van der Waals surface area contributed by atoms with Gasteiger partial charge in [-0.3, -0.25) is 19.2 Å². The Bertz CT molecular complexity index is 1400. The molecule has 0 aliphatic carbocycles. The predicted molar refractivity (Wildman–Crippen MR) is 183 cm³/mol. The summed E-state index contributed by atoms with van der Waals surface area (Å²) in [6.07, 6.45) is -27.7. The average molecular weight is 847 g/mol. The number of carboxylic acid groups (broad SMARTS) is 1. The molecule has 19 atom stereocenters. The fourth-order valence-electron chi connectivity index (χ4n) is 6.73. The molecule has 3 aliphatic heterocycles. The number of carbonyl (C=O) groups excluding carboxylic acids is 4. The summed E-state index contributed by atoms with van der Waals surface area (Å²) in [7, 11) is 0. The van der Waals surface area contributed by atoms with E-state index in [-0.39, 0.29) is 0 Å². The zero-order valence-corrected chi connectivity index (χ0v) is 31.7. The van der Waals surface area contributed by atoms with E-state index < -0.39 is 172 Å². The summed E-state index contributed by atoms with van der Waals surface area (Å²) in [4.78, 5) is 60.2. The zero-order valence-electron chi connectivity index (χ0n) is 31.7. The third-order valence-corrected chi connectivity index (χ3v) is 9.44. The summed E-state index contributed by atoms with van der Waals surface area (Å²) in [5, 5.41) is 124. The van der Waals surface area contributed by atoms with Crippen LogP contribution in [0.1, 0.15) is 27.7 Å². The van der Waals surface area contributed by atoms with Gasteiger partial charge in [0.2, 0.25) is 23.6 Å². The van der Waals surface area contributed by atoms with Crippen LogP contribution in [0.25, 0.3) is 0 Å². The maximum atomic E-state index is 12.4.